The lowest BCUT2D eigenvalue weighted by Crippen LogP contribution is -2.31. The van der Waals surface area contributed by atoms with Crippen molar-refractivity contribution in [3.63, 3.8) is 0 Å². The molecule has 2 heterocycles. The molecule has 2 aromatic carbocycles. The van der Waals surface area contributed by atoms with Gasteiger partial charge < -0.3 is 20.7 Å². The maximum absolute atomic E-state index is 9.06. The van der Waals surface area contributed by atoms with Gasteiger partial charge in [-0.2, -0.15) is 15.5 Å². The molecule has 43 heavy (non-hydrogen) atoms. The van der Waals surface area contributed by atoms with Gasteiger partial charge in [-0.3, -0.25) is 30.4 Å². The number of nitrogens with zero attached hydrogens (tertiary/aromatic N) is 6. The molecule has 0 spiro atoms. The zero-order valence-electron chi connectivity index (χ0n) is 24.4. The highest BCUT2D eigenvalue weighted by Gasteiger charge is 2.21. The Labute approximate surface area is 254 Å². The number of carbonyl (C=O) groups is 1. The van der Waals surface area contributed by atoms with Gasteiger partial charge in [-0.25, -0.2) is 0 Å². The van der Waals surface area contributed by atoms with Crippen molar-refractivity contribution in [2.75, 3.05) is 33.4 Å². The SMILES string of the molecule is CC(=NCCOCCN(C=N)C(=N)C#N)/C(=C(\N)c1ccc2c(cnn2C)c1)c1c(Cl)c(C)cc2[nH]ncc12.CNC=O. The highest BCUT2D eigenvalue weighted by molar-refractivity contribution is 6.40. The number of rotatable bonds is 11. The molecule has 6 N–H and O–H groups in total. The number of amidine groups is 1. The average Bonchev–Trinajstić information content (AvgIpc) is 3.64. The number of amides is 1. The van der Waals surface area contributed by atoms with Gasteiger partial charge in [0.2, 0.25) is 12.2 Å². The van der Waals surface area contributed by atoms with Crippen LogP contribution in [0.3, 0.4) is 0 Å². The molecule has 0 saturated carbocycles. The largest absolute Gasteiger partial charge is 0.398 e. The Morgan fingerprint density at radius 1 is 1.35 bits per heavy atom. The molecule has 0 bridgehead atoms. The number of aryl methyl sites for hydroxylation is 2. The van der Waals surface area contributed by atoms with E-state index in [4.69, 9.17) is 47.9 Å². The molecule has 0 radical (unpaired) electrons. The van der Waals surface area contributed by atoms with Crippen LogP contribution in [-0.4, -0.2) is 82.5 Å². The number of aromatic nitrogens is 4. The van der Waals surface area contributed by atoms with Crippen LogP contribution in [0.5, 0.6) is 0 Å². The van der Waals surface area contributed by atoms with Crippen LogP contribution in [0.25, 0.3) is 33.1 Å². The maximum atomic E-state index is 9.06. The van der Waals surface area contributed by atoms with Crippen LogP contribution in [0, 0.1) is 29.1 Å². The van der Waals surface area contributed by atoms with Crippen molar-refractivity contribution >= 4 is 69.0 Å². The number of nitrogens with two attached hydrogens (primary N) is 1. The molecule has 0 atom stereocenters. The molecule has 1 amide bonds. The molecule has 13 nitrogen and oxygen atoms in total. The first-order chi connectivity index (χ1) is 20.7. The number of aliphatic imine (C=N–C) groups is 1. The summed E-state index contributed by atoms with van der Waals surface area (Å²) in [7, 11) is 3.46. The Hall–Kier alpha value is -5.06. The third kappa shape index (κ3) is 7.62. The maximum Gasteiger partial charge on any atom is 0.206 e. The van der Waals surface area contributed by atoms with Crippen molar-refractivity contribution in [1.29, 1.82) is 16.1 Å². The van der Waals surface area contributed by atoms with E-state index < -0.39 is 0 Å². The number of hydrogen-bond acceptors (Lipinski definition) is 9. The van der Waals surface area contributed by atoms with Crippen molar-refractivity contribution < 1.29 is 9.53 Å². The van der Waals surface area contributed by atoms with Gasteiger partial charge in [0.25, 0.3) is 0 Å². The monoisotopic (exact) mass is 603 g/mol. The number of hydrogen-bond donors (Lipinski definition) is 5. The lowest BCUT2D eigenvalue weighted by molar-refractivity contribution is -0.109. The molecular weight excluding hydrogens is 570 g/mol. The number of nitrogens with one attached hydrogen (secondary N) is 4. The van der Waals surface area contributed by atoms with Crippen LogP contribution in [-0.2, 0) is 16.6 Å². The number of nitriles is 1. The van der Waals surface area contributed by atoms with Crippen molar-refractivity contribution in [2.24, 2.45) is 17.8 Å². The highest BCUT2D eigenvalue weighted by atomic mass is 35.5. The molecular formula is C29H34ClN11O2. The Morgan fingerprint density at radius 3 is 2.77 bits per heavy atom. The van der Waals surface area contributed by atoms with Crippen LogP contribution >= 0.6 is 11.6 Å². The number of aromatic amines is 1. The van der Waals surface area contributed by atoms with Crippen molar-refractivity contribution in [3.05, 3.63) is 58.4 Å². The van der Waals surface area contributed by atoms with Crippen LogP contribution in [0.4, 0.5) is 0 Å². The Bertz CT molecular complexity index is 1730. The van der Waals surface area contributed by atoms with Crippen molar-refractivity contribution in [1.82, 2.24) is 30.2 Å². The zero-order chi connectivity index (χ0) is 31.5. The predicted octanol–water partition coefficient (Wildman–Crippen LogP) is 3.49. The highest BCUT2D eigenvalue weighted by Crippen LogP contribution is 2.37. The summed E-state index contributed by atoms with van der Waals surface area (Å²) >= 11 is 6.89. The van der Waals surface area contributed by atoms with Gasteiger partial charge in [-0.05, 0) is 43.2 Å². The molecule has 0 aliphatic heterocycles. The third-order valence-corrected chi connectivity index (χ3v) is 7.02. The number of halogens is 1. The summed E-state index contributed by atoms with van der Waals surface area (Å²) < 4.78 is 7.45. The standard InChI is InChI=1S/C27H29ClN10O.C2H5NO/c1-16-10-21-20(14-34-36-21)25(26(16)28)24(27(32)18-4-5-22-19(11-18)13-35-37(22)3)17(2)33-6-8-39-9-7-38(15-30)23(31)12-29;1-3-2-4/h4-5,10-11,13-15,30-31H,6-9,32H2,1-3H3,(H,34,36);2H,1H3,(H,3,4)/b27-24+,30-15?,31-23?,33-17?;. The minimum Gasteiger partial charge on any atom is -0.398 e. The van der Waals surface area contributed by atoms with Gasteiger partial charge in [0.15, 0.2) is 0 Å². The second-order valence-electron chi connectivity index (χ2n) is 9.31. The van der Waals surface area contributed by atoms with Crippen LogP contribution in [0.15, 0.2) is 41.7 Å². The number of allylic oxidation sites excluding steroid dienone is 1. The lowest BCUT2D eigenvalue weighted by atomic mass is 9.92. The van der Waals surface area contributed by atoms with Crippen LogP contribution in [0.1, 0.15) is 23.6 Å². The third-order valence-electron chi connectivity index (χ3n) is 6.53. The van der Waals surface area contributed by atoms with E-state index in [1.807, 2.05) is 49.8 Å². The Kier molecular flexibility index (Phi) is 11.5. The van der Waals surface area contributed by atoms with E-state index in [0.29, 0.717) is 41.6 Å². The average molecular weight is 604 g/mol. The number of carbonyl (C=O) groups excluding carboxylic acids is 1. The van der Waals surface area contributed by atoms with Crippen molar-refractivity contribution in [2.45, 2.75) is 13.8 Å². The smallest absolute Gasteiger partial charge is 0.206 e. The second-order valence-corrected chi connectivity index (χ2v) is 9.69. The molecule has 4 aromatic rings. The number of H-pyrrole nitrogens is 1. The van der Waals surface area contributed by atoms with Gasteiger partial charge in [-0.1, -0.05) is 17.7 Å². The fraction of sp³-hybridized carbons (Fsp3) is 0.276. The van der Waals surface area contributed by atoms with Gasteiger partial charge in [-0.15, -0.1) is 0 Å². The zero-order valence-corrected chi connectivity index (χ0v) is 25.2. The summed E-state index contributed by atoms with van der Waals surface area (Å²) in [6.07, 6.45) is 5.09. The van der Waals surface area contributed by atoms with Crippen LogP contribution < -0.4 is 11.1 Å². The summed E-state index contributed by atoms with van der Waals surface area (Å²) in [6, 6.07) is 9.60. The first-order valence-electron chi connectivity index (χ1n) is 13.2. The first-order valence-corrected chi connectivity index (χ1v) is 13.6. The number of ether oxygens (including phenoxy) is 1. The second kappa shape index (κ2) is 15.2. The topological polar surface area (TPSA) is 198 Å². The van der Waals surface area contributed by atoms with E-state index in [0.717, 1.165) is 44.8 Å². The molecule has 224 valence electrons. The Morgan fingerprint density at radius 2 is 2.09 bits per heavy atom. The first kappa shape index (κ1) is 32.5. The molecule has 0 aliphatic rings. The van der Waals surface area contributed by atoms with Gasteiger partial charge in [0, 0.05) is 54.0 Å². The van der Waals surface area contributed by atoms with Crippen molar-refractivity contribution in [3.8, 4) is 6.07 Å². The van der Waals surface area contributed by atoms with E-state index in [1.165, 1.54) is 4.90 Å². The molecule has 0 fully saturated rings. The molecule has 0 aliphatic carbocycles. The predicted molar refractivity (Wildman–Crippen MR) is 170 cm³/mol. The fourth-order valence-corrected chi connectivity index (χ4v) is 4.61. The van der Waals surface area contributed by atoms with E-state index in [-0.39, 0.29) is 19.0 Å². The summed E-state index contributed by atoms with van der Waals surface area (Å²) in [5.41, 5.74) is 13.1. The summed E-state index contributed by atoms with van der Waals surface area (Å²) in [4.78, 5) is 15.0. The quantitative estimate of drug-likeness (QED) is 0.0568. The van der Waals surface area contributed by atoms with Gasteiger partial charge in [0.05, 0.1) is 54.5 Å². The Balaban J connectivity index is 0.00000119. The summed E-state index contributed by atoms with van der Waals surface area (Å²) in [6.45, 7) is 4.95. The van der Waals surface area contributed by atoms with Gasteiger partial charge in [0.1, 0.15) is 6.07 Å². The lowest BCUT2D eigenvalue weighted by Gasteiger charge is -2.17. The minimum atomic E-state index is -0.308. The van der Waals surface area contributed by atoms with Crippen LogP contribution in [0.2, 0.25) is 5.02 Å². The summed E-state index contributed by atoms with van der Waals surface area (Å²) in [5, 5.41) is 39.9. The normalized spacial score (nSPS) is 11.8. The molecule has 4 rings (SSSR count). The summed E-state index contributed by atoms with van der Waals surface area (Å²) in [5.74, 6) is -0.308. The van der Waals surface area contributed by atoms with E-state index in [2.05, 4.69) is 20.6 Å². The minimum absolute atomic E-state index is 0.227. The number of benzene rings is 2. The van der Waals surface area contributed by atoms with E-state index in [9.17, 15) is 0 Å². The van der Waals surface area contributed by atoms with E-state index >= 15 is 0 Å². The van der Waals surface area contributed by atoms with Gasteiger partial charge >= 0.3 is 0 Å². The molecule has 2 aromatic heterocycles. The molecule has 14 heteroatoms. The van der Waals surface area contributed by atoms with E-state index in [1.54, 1.807) is 25.5 Å². The molecule has 0 saturated heterocycles. The fourth-order valence-electron chi connectivity index (χ4n) is 4.36. The molecule has 0 unspecified atom stereocenters. The number of fused-ring (bicyclic) bond motifs is 2.